The van der Waals surface area contributed by atoms with Gasteiger partial charge in [-0.15, -0.1) is 0 Å². The second kappa shape index (κ2) is 8.16. The molecule has 1 N–H and O–H groups in total. The highest BCUT2D eigenvalue weighted by atomic mass is 19.1. The summed E-state index contributed by atoms with van der Waals surface area (Å²) in [6.45, 7) is 3.45. The molecular formula is C14H21F2NO. The second-order valence-corrected chi connectivity index (χ2v) is 4.31. The van der Waals surface area contributed by atoms with E-state index in [1.807, 2.05) is 6.92 Å². The molecule has 0 aliphatic rings. The summed E-state index contributed by atoms with van der Waals surface area (Å²) >= 11 is 0. The van der Waals surface area contributed by atoms with Gasteiger partial charge in [-0.2, -0.15) is 0 Å². The van der Waals surface area contributed by atoms with Gasteiger partial charge in [-0.05, 0) is 44.0 Å². The summed E-state index contributed by atoms with van der Waals surface area (Å²) in [7, 11) is 1.64. The lowest BCUT2D eigenvalue weighted by atomic mass is 10.0. The summed E-state index contributed by atoms with van der Waals surface area (Å²) in [4.78, 5) is 0. The minimum absolute atomic E-state index is 0.157. The van der Waals surface area contributed by atoms with Gasteiger partial charge in [-0.1, -0.05) is 6.92 Å². The Morgan fingerprint density at radius 1 is 1.33 bits per heavy atom. The van der Waals surface area contributed by atoms with Crippen molar-refractivity contribution >= 4 is 0 Å². The van der Waals surface area contributed by atoms with Gasteiger partial charge in [0.1, 0.15) is 11.6 Å². The zero-order chi connectivity index (χ0) is 13.4. The van der Waals surface area contributed by atoms with Crippen molar-refractivity contribution in [3.8, 4) is 0 Å². The van der Waals surface area contributed by atoms with Crippen LogP contribution in [0, 0.1) is 11.6 Å². The first-order valence-electron chi connectivity index (χ1n) is 6.36. The Kier molecular flexibility index (Phi) is 6.83. The number of hydrogen-bond donors (Lipinski definition) is 1. The second-order valence-electron chi connectivity index (χ2n) is 4.31. The van der Waals surface area contributed by atoms with Gasteiger partial charge in [0.25, 0.3) is 0 Å². The molecule has 0 aromatic heterocycles. The molecule has 0 saturated carbocycles. The summed E-state index contributed by atoms with van der Waals surface area (Å²) in [6, 6.07) is 3.44. The fourth-order valence-corrected chi connectivity index (χ4v) is 1.90. The average molecular weight is 257 g/mol. The Morgan fingerprint density at radius 2 is 2.11 bits per heavy atom. The van der Waals surface area contributed by atoms with Crippen molar-refractivity contribution in [1.29, 1.82) is 0 Å². The minimum atomic E-state index is -0.401. The fraction of sp³-hybridized carbons (Fsp3) is 0.571. The first-order chi connectivity index (χ1) is 8.69. The number of halogens is 2. The third-order valence-electron chi connectivity index (χ3n) is 2.82. The van der Waals surface area contributed by atoms with Crippen LogP contribution in [0.5, 0.6) is 0 Å². The molecule has 1 atom stereocenters. The van der Waals surface area contributed by atoms with Crippen LogP contribution in [-0.4, -0.2) is 20.3 Å². The average Bonchev–Trinajstić information content (AvgIpc) is 2.37. The van der Waals surface area contributed by atoms with Crippen LogP contribution in [-0.2, 0) is 4.74 Å². The van der Waals surface area contributed by atoms with E-state index in [2.05, 4.69) is 5.32 Å². The molecule has 18 heavy (non-hydrogen) atoms. The third-order valence-corrected chi connectivity index (χ3v) is 2.82. The lowest BCUT2D eigenvalue weighted by molar-refractivity contribution is 0.188. The zero-order valence-corrected chi connectivity index (χ0v) is 11.0. The Bertz CT molecular complexity index is 358. The smallest absolute Gasteiger partial charge is 0.128 e. The largest absolute Gasteiger partial charge is 0.385 e. The van der Waals surface area contributed by atoms with Gasteiger partial charge in [0.05, 0.1) is 0 Å². The number of ether oxygens (including phenoxy) is 1. The lowest BCUT2D eigenvalue weighted by Crippen LogP contribution is -2.23. The van der Waals surface area contributed by atoms with E-state index in [0.717, 1.165) is 31.9 Å². The van der Waals surface area contributed by atoms with Crippen molar-refractivity contribution < 1.29 is 13.5 Å². The number of nitrogens with one attached hydrogen (secondary N) is 1. The third kappa shape index (κ3) is 4.70. The van der Waals surface area contributed by atoms with Crippen molar-refractivity contribution in [3.05, 3.63) is 35.4 Å². The molecule has 0 amide bonds. The normalized spacial score (nSPS) is 12.7. The molecule has 0 heterocycles. The fourth-order valence-electron chi connectivity index (χ4n) is 1.90. The van der Waals surface area contributed by atoms with Crippen LogP contribution in [0.1, 0.15) is 37.8 Å². The Morgan fingerprint density at radius 3 is 2.78 bits per heavy atom. The molecule has 1 unspecified atom stereocenters. The van der Waals surface area contributed by atoms with Crippen molar-refractivity contribution in [2.75, 3.05) is 20.3 Å². The highest BCUT2D eigenvalue weighted by Crippen LogP contribution is 2.22. The molecule has 0 radical (unpaired) electrons. The van der Waals surface area contributed by atoms with E-state index in [0.29, 0.717) is 12.2 Å². The van der Waals surface area contributed by atoms with Crippen molar-refractivity contribution in [2.45, 2.75) is 32.2 Å². The molecule has 0 saturated heterocycles. The maximum atomic E-state index is 13.7. The molecule has 0 aliphatic carbocycles. The van der Waals surface area contributed by atoms with Gasteiger partial charge in [0, 0.05) is 25.3 Å². The minimum Gasteiger partial charge on any atom is -0.385 e. The van der Waals surface area contributed by atoms with Gasteiger partial charge >= 0.3 is 0 Å². The molecule has 0 fully saturated rings. The van der Waals surface area contributed by atoms with Crippen LogP contribution >= 0.6 is 0 Å². The zero-order valence-electron chi connectivity index (χ0n) is 11.0. The van der Waals surface area contributed by atoms with Crippen LogP contribution < -0.4 is 5.32 Å². The number of rotatable bonds is 8. The summed E-state index contributed by atoms with van der Waals surface area (Å²) in [5.74, 6) is -0.760. The van der Waals surface area contributed by atoms with Gasteiger partial charge in [-0.25, -0.2) is 8.78 Å². The molecule has 2 nitrogen and oxygen atoms in total. The Balaban J connectivity index is 2.75. The molecule has 1 rings (SSSR count). The SMILES string of the molecule is CCCNC(CCCOC)c1cc(F)ccc1F. The summed E-state index contributed by atoms with van der Waals surface area (Å²) in [5.41, 5.74) is 0.402. The lowest BCUT2D eigenvalue weighted by Gasteiger charge is -2.19. The van der Waals surface area contributed by atoms with E-state index in [9.17, 15) is 8.78 Å². The Labute approximate surface area is 107 Å². The van der Waals surface area contributed by atoms with Crippen molar-refractivity contribution in [2.24, 2.45) is 0 Å². The molecule has 4 heteroatoms. The summed E-state index contributed by atoms with van der Waals surface area (Å²) < 4.78 is 31.9. The first-order valence-corrected chi connectivity index (χ1v) is 6.36. The summed E-state index contributed by atoms with van der Waals surface area (Å²) in [5, 5.41) is 3.25. The molecule has 1 aromatic carbocycles. The van der Waals surface area contributed by atoms with Crippen LogP contribution in [0.4, 0.5) is 8.78 Å². The molecular weight excluding hydrogens is 236 g/mol. The number of benzene rings is 1. The molecule has 0 aliphatic heterocycles. The molecule has 0 bridgehead atoms. The van der Waals surface area contributed by atoms with E-state index < -0.39 is 5.82 Å². The van der Waals surface area contributed by atoms with Crippen molar-refractivity contribution in [1.82, 2.24) is 5.32 Å². The topological polar surface area (TPSA) is 21.3 Å². The van der Waals surface area contributed by atoms with E-state index >= 15 is 0 Å². The van der Waals surface area contributed by atoms with E-state index in [1.54, 1.807) is 7.11 Å². The number of hydrogen-bond acceptors (Lipinski definition) is 2. The van der Waals surface area contributed by atoms with Crippen LogP contribution in [0.25, 0.3) is 0 Å². The predicted molar refractivity (Wildman–Crippen MR) is 68.5 cm³/mol. The molecule has 1 aromatic rings. The Hall–Kier alpha value is -1.00. The van der Waals surface area contributed by atoms with Crippen LogP contribution in [0.3, 0.4) is 0 Å². The quantitative estimate of drug-likeness (QED) is 0.720. The van der Waals surface area contributed by atoms with Gasteiger partial charge in [0.15, 0.2) is 0 Å². The first kappa shape index (κ1) is 15.1. The highest BCUT2D eigenvalue weighted by Gasteiger charge is 2.15. The van der Waals surface area contributed by atoms with Gasteiger partial charge in [0.2, 0.25) is 0 Å². The molecule has 0 spiro atoms. The monoisotopic (exact) mass is 257 g/mol. The standard InChI is InChI=1S/C14H21F2NO/c1-3-8-17-14(5-4-9-18-2)12-10-11(15)6-7-13(12)16/h6-7,10,14,17H,3-5,8-9H2,1-2H3. The predicted octanol–water partition coefficient (Wildman–Crippen LogP) is 3.43. The van der Waals surface area contributed by atoms with Gasteiger partial charge < -0.3 is 10.1 Å². The van der Waals surface area contributed by atoms with E-state index in [4.69, 9.17) is 4.74 Å². The maximum absolute atomic E-state index is 13.7. The van der Waals surface area contributed by atoms with Crippen LogP contribution in [0.15, 0.2) is 18.2 Å². The maximum Gasteiger partial charge on any atom is 0.128 e. The molecule has 102 valence electrons. The highest BCUT2D eigenvalue weighted by molar-refractivity contribution is 5.22. The van der Waals surface area contributed by atoms with Crippen LogP contribution in [0.2, 0.25) is 0 Å². The van der Waals surface area contributed by atoms with E-state index in [-0.39, 0.29) is 11.9 Å². The van der Waals surface area contributed by atoms with Crippen molar-refractivity contribution in [3.63, 3.8) is 0 Å². The van der Waals surface area contributed by atoms with E-state index in [1.165, 1.54) is 12.1 Å². The summed E-state index contributed by atoms with van der Waals surface area (Å²) in [6.07, 6.45) is 2.50. The number of methoxy groups -OCH3 is 1. The van der Waals surface area contributed by atoms with Gasteiger partial charge in [-0.3, -0.25) is 0 Å².